The molecule has 0 aromatic heterocycles. The monoisotopic (exact) mass is 334 g/mol. The summed E-state index contributed by atoms with van der Waals surface area (Å²) in [5.41, 5.74) is 0.860. The maximum atomic E-state index is 11.3. The second-order valence-corrected chi connectivity index (χ2v) is 5.98. The molecule has 0 unspecified atom stereocenters. The predicted octanol–water partition coefficient (Wildman–Crippen LogP) is 5.23. The zero-order valence-electron chi connectivity index (χ0n) is 15.0. The van der Waals surface area contributed by atoms with Gasteiger partial charge in [-0.15, -0.1) is 0 Å². The Hall–Kier alpha value is -1.84. The van der Waals surface area contributed by atoms with E-state index >= 15 is 0 Å². The number of rotatable bonds is 14. The van der Waals surface area contributed by atoms with Gasteiger partial charge in [0.2, 0.25) is 0 Å². The maximum absolute atomic E-state index is 11.3. The van der Waals surface area contributed by atoms with Crippen molar-refractivity contribution in [3.05, 3.63) is 23.3 Å². The molecule has 0 fully saturated rings. The van der Waals surface area contributed by atoms with Gasteiger partial charge in [0.05, 0.1) is 24.3 Å². The minimum atomic E-state index is 0.430. The van der Waals surface area contributed by atoms with Crippen LogP contribution in [-0.2, 0) is 0 Å². The number of carbonyl (C=O) groups excluding carboxylic acids is 2. The molecule has 0 saturated carbocycles. The molecular formula is C20H30O4. The van der Waals surface area contributed by atoms with Gasteiger partial charge in [0.15, 0.2) is 12.6 Å². The highest BCUT2D eigenvalue weighted by Crippen LogP contribution is 2.27. The first-order valence-electron chi connectivity index (χ1n) is 9.10. The van der Waals surface area contributed by atoms with E-state index in [4.69, 9.17) is 9.47 Å². The van der Waals surface area contributed by atoms with Crippen molar-refractivity contribution in [2.45, 2.75) is 65.2 Å². The largest absolute Gasteiger partial charge is 0.493 e. The summed E-state index contributed by atoms with van der Waals surface area (Å²) in [5, 5.41) is 0. The minimum Gasteiger partial charge on any atom is -0.493 e. The van der Waals surface area contributed by atoms with Crippen molar-refractivity contribution in [1.82, 2.24) is 0 Å². The number of hydrogen-bond acceptors (Lipinski definition) is 4. The van der Waals surface area contributed by atoms with Crippen molar-refractivity contribution in [1.29, 1.82) is 0 Å². The zero-order chi connectivity index (χ0) is 17.6. The lowest BCUT2D eigenvalue weighted by Crippen LogP contribution is -2.04. The van der Waals surface area contributed by atoms with Gasteiger partial charge in [-0.05, 0) is 25.0 Å². The Morgan fingerprint density at radius 2 is 1.12 bits per heavy atom. The molecule has 0 atom stereocenters. The van der Waals surface area contributed by atoms with Crippen LogP contribution in [0.15, 0.2) is 12.1 Å². The Morgan fingerprint density at radius 3 is 1.46 bits per heavy atom. The molecule has 0 spiro atoms. The van der Waals surface area contributed by atoms with Crippen molar-refractivity contribution < 1.29 is 19.1 Å². The smallest absolute Gasteiger partial charge is 0.153 e. The van der Waals surface area contributed by atoms with Gasteiger partial charge in [0, 0.05) is 0 Å². The number of hydrogen-bond donors (Lipinski definition) is 0. The molecule has 1 rings (SSSR count). The molecule has 0 amide bonds. The number of aldehydes is 2. The lowest BCUT2D eigenvalue weighted by Gasteiger charge is -2.13. The third kappa shape index (κ3) is 7.16. The number of ether oxygens (including phenoxy) is 2. The van der Waals surface area contributed by atoms with Gasteiger partial charge < -0.3 is 9.47 Å². The van der Waals surface area contributed by atoms with E-state index < -0.39 is 0 Å². The second-order valence-electron chi connectivity index (χ2n) is 5.98. The third-order valence-corrected chi connectivity index (χ3v) is 3.91. The summed E-state index contributed by atoms with van der Waals surface area (Å²) < 4.78 is 11.4. The summed E-state index contributed by atoms with van der Waals surface area (Å²) in [6.07, 6.45) is 10.3. The molecule has 0 aliphatic rings. The van der Waals surface area contributed by atoms with E-state index in [0.29, 0.717) is 35.8 Å². The number of benzene rings is 1. The van der Waals surface area contributed by atoms with Crippen LogP contribution in [0.25, 0.3) is 0 Å². The van der Waals surface area contributed by atoms with Crippen LogP contribution < -0.4 is 9.47 Å². The highest BCUT2D eigenvalue weighted by molar-refractivity contribution is 5.87. The fraction of sp³-hybridized carbons (Fsp3) is 0.600. The van der Waals surface area contributed by atoms with Gasteiger partial charge in [-0.1, -0.05) is 52.4 Å². The highest BCUT2D eigenvalue weighted by atomic mass is 16.5. The second kappa shape index (κ2) is 12.6. The van der Waals surface area contributed by atoms with E-state index in [2.05, 4.69) is 13.8 Å². The van der Waals surface area contributed by atoms with Crippen LogP contribution in [0.5, 0.6) is 11.5 Å². The van der Waals surface area contributed by atoms with Crippen molar-refractivity contribution in [2.75, 3.05) is 13.2 Å². The van der Waals surface area contributed by atoms with E-state index in [1.165, 1.54) is 25.7 Å². The Morgan fingerprint density at radius 1 is 0.708 bits per heavy atom. The molecule has 0 heterocycles. The lowest BCUT2D eigenvalue weighted by atomic mass is 10.1. The normalized spacial score (nSPS) is 10.4. The average Bonchev–Trinajstić information content (AvgIpc) is 2.61. The molecule has 0 aliphatic carbocycles. The van der Waals surface area contributed by atoms with Gasteiger partial charge in [0.25, 0.3) is 0 Å². The Labute approximate surface area is 145 Å². The molecule has 0 saturated heterocycles. The van der Waals surface area contributed by atoms with Gasteiger partial charge in [0.1, 0.15) is 11.5 Å². The Bertz CT molecular complexity index is 451. The molecule has 1 aromatic rings. The molecule has 4 nitrogen and oxygen atoms in total. The summed E-state index contributed by atoms with van der Waals surface area (Å²) in [4.78, 5) is 22.6. The summed E-state index contributed by atoms with van der Waals surface area (Å²) in [5.74, 6) is 0.920. The van der Waals surface area contributed by atoms with E-state index in [1.807, 2.05) is 0 Å². The molecule has 4 heteroatoms. The predicted molar refractivity (Wildman–Crippen MR) is 96.5 cm³/mol. The highest BCUT2D eigenvalue weighted by Gasteiger charge is 2.11. The van der Waals surface area contributed by atoms with Crippen LogP contribution in [0.4, 0.5) is 0 Å². The van der Waals surface area contributed by atoms with Gasteiger partial charge >= 0.3 is 0 Å². The number of unbranched alkanes of at least 4 members (excludes halogenated alkanes) is 6. The third-order valence-electron chi connectivity index (χ3n) is 3.91. The molecule has 0 bridgehead atoms. The van der Waals surface area contributed by atoms with Crippen molar-refractivity contribution in [3.8, 4) is 11.5 Å². The van der Waals surface area contributed by atoms with Crippen LogP contribution in [0.2, 0.25) is 0 Å². The lowest BCUT2D eigenvalue weighted by molar-refractivity contribution is 0.110. The van der Waals surface area contributed by atoms with Crippen molar-refractivity contribution in [3.63, 3.8) is 0 Å². The van der Waals surface area contributed by atoms with Gasteiger partial charge in [-0.3, -0.25) is 9.59 Å². The SMILES string of the molecule is CCCCCCOc1cc(C=O)c(OCCCCCC)cc1C=O. The first-order chi connectivity index (χ1) is 11.8. The summed E-state index contributed by atoms with van der Waals surface area (Å²) in [6, 6.07) is 3.22. The Kier molecular flexibility index (Phi) is 10.6. The molecule has 1 aromatic carbocycles. The summed E-state index contributed by atoms with van der Waals surface area (Å²) in [7, 11) is 0. The van der Waals surface area contributed by atoms with Crippen molar-refractivity contribution >= 4 is 12.6 Å². The van der Waals surface area contributed by atoms with Crippen LogP contribution in [0.1, 0.15) is 85.9 Å². The summed E-state index contributed by atoms with van der Waals surface area (Å²) >= 11 is 0. The number of carbonyl (C=O) groups is 2. The quantitative estimate of drug-likeness (QED) is 0.345. The van der Waals surface area contributed by atoms with Gasteiger partial charge in [-0.25, -0.2) is 0 Å². The van der Waals surface area contributed by atoms with Crippen LogP contribution in [-0.4, -0.2) is 25.8 Å². The molecule has 0 N–H and O–H groups in total. The van der Waals surface area contributed by atoms with E-state index in [9.17, 15) is 9.59 Å². The topological polar surface area (TPSA) is 52.6 Å². The van der Waals surface area contributed by atoms with Crippen molar-refractivity contribution in [2.24, 2.45) is 0 Å². The molecule has 0 aliphatic heterocycles. The zero-order valence-corrected chi connectivity index (χ0v) is 15.0. The minimum absolute atomic E-state index is 0.430. The first kappa shape index (κ1) is 20.2. The fourth-order valence-electron chi connectivity index (χ4n) is 2.45. The van der Waals surface area contributed by atoms with Gasteiger partial charge in [-0.2, -0.15) is 0 Å². The summed E-state index contributed by atoms with van der Waals surface area (Å²) in [6.45, 7) is 5.41. The van der Waals surface area contributed by atoms with E-state index in [1.54, 1.807) is 12.1 Å². The first-order valence-corrected chi connectivity index (χ1v) is 9.10. The van der Waals surface area contributed by atoms with E-state index in [-0.39, 0.29) is 0 Å². The van der Waals surface area contributed by atoms with Crippen LogP contribution in [0, 0.1) is 0 Å². The van der Waals surface area contributed by atoms with Crippen LogP contribution >= 0.6 is 0 Å². The molecule has 134 valence electrons. The molecule has 24 heavy (non-hydrogen) atoms. The maximum Gasteiger partial charge on any atom is 0.153 e. The Balaban J connectivity index is 2.66. The average molecular weight is 334 g/mol. The van der Waals surface area contributed by atoms with Crippen LogP contribution in [0.3, 0.4) is 0 Å². The standard InChI is InChI=1S/C20H30O4/c1-3-5-7-9-11-23-19-13-18(16-22)20(14-17(19)15-21)24-12-10-8-6-4-2/h13-16H,3-12H2,1-2H3. The van der Waals surface area contributed by atoms with E-state index in [0.717, 1.165) is 38.3 Å². The molecule has 0 radical (unpaired) electrons. The molecular weight excluding hydrogens is 304 g/mol. The fourth-order valence-corrected chi connectivity index (χ4v) is 2.45.